The highest BCUT2D eigenvalue weighted by Gasteiger charge is 2.24. The van der Waals surface area contributed by atoms with Crippen LogP contribution in [-0.4, -0.2) is 43.4 Å². The van der Waals surface area contributed by atoms with Crippen molar-refractivity contribution in [2.75, 3.05) is 17.2 Å². The number of hydrogen-bond acceptors (Lipinski definition) is 9. The minimum Gasteiger partial charge on any atom is -0.489 e. The van der Waals surface area contributed by atoms with Crippen LogP contribution in [0.15, 0.2) is 21.3 Å². The predicted molar refractivity (Wildman–Crippen MR) is 144 cm³/mol. The van der Waals surface area contributed by atoms with Crippen molar-refractivity contribution in [2.45, 2.75) is 73.0 Å². The lowest BCUT2D eigenvalue weighted by atomic mass is 9.97. The standard InChI is InChI=1S/C15H18Cl2N2O3.C8H14ClN5/c1-8(2)21-12-7-11(9(16)6-10(12)17)19-14(20)22-13(18-19)15(3,4)5;1-4-10-7-12-6(9)13-8(14-7)11-5(2)3/h6-8H,1-5H3;5H,4H2,1-3H3,(H2,10,11,12,13,14). The van der Waals surface area contributed by atoms with Crippen LogP contribution in [0.1, 0.15) is 61.3 Å². The fourth-order valence-electron chi connectivity index (χ4n) is 2.67. The van der Waals surface area contributed by atoms with Gasteiger partial charge in [0.1, 0.15) is 5.75 Å². The van der Waals surface area contributed by atoms with Gasteiger partial charge in [0.2, 0.25) is 23.1 Å². The molecule has 2 aromatic heterocycles. The third kappa shape index (κ3) is 8.53. The van der Waals surface area contributed by atoms with Gasteiger partial charge in [0, 0.05) is 24.1 Å². The first-order valence-electron chi connectivity index (χ1n) is 11.4. The molecular formula is C23H32Cl3N7O3. The van der Waals surface area contributed by atoms with E-state index in [9.17, 15) is 4.79 Å². The van der Waals surface area contributed by atoms with Crippen LogP contribution >= 0.6 is 34.8 Å². The van der Waals surface area contributed by atoms with Crippen molar-refractivity contribution in [3.63, 3.8) is 0 Å². The fourth-order valence-corrected chi connectivity index (χ4v) is 3.34. The molecule has 0 saturated carbocycles. The van der Waals surface area contributed by atoms with Gasteiger partial charge in [0.05, 0.1) is 21.8 Å². The van der Waals surface area contributed by atoms with Gasteiger partial charge in [-0.2, -0.15) is 19.6 Å². The van der Waals surface area contributed by atoms with Crippen LogP contribution in [0.25, 0.3) is 5.69 Å². The second kappa shape index (κ2) is 12.6. The molecule has 0 atom stereocenters. The van der Waals surface area contributed by atoms with E-state index in [2.05, 4.69) is 30.7 Å². The summed E-state index contributed by atoms with van der Waals surface area (Å²) in [7, 11) is 0. The number of hydrogen-bond donors (Lipinski definition) is 2. The zero-order chi connectivity index (χ0) is 27.2. The average molecular weight is 561 g/mol. The molecule has 13 heteroatoms. The summed E-state index contributed by atoms with van der Waals surface area (Å²) in [4.78, 5) is 24.1. The molecule has 3 rings (SSSR count). The second-order valence-corrected chi connectivity index (χ2v) is 10.5. The van der Waals surface area contributed by atoms with Crippen molar-refractivity contribution in [2.24, 2.45) is 0 Å². The van der Waals surface area contributed by atoms with E-state index >= 15 is 0 Å². The van der Waals surface area contributed by atoms with Crippen LogP contribution < -0.4 is 21.1 Å². The maximum absolute atomic E-state index is 12.1. The first kappa shape index (κ1) is 29.7. The summed E-state index contributed by atoms with van der Waals surface area (Å²) >= 11 is 18.0. The van der Waals surface area contributed by atoms with Gasteiger partial charge in [-0.1, -0.05) is 44.0 Å². The van der Waals surface area contributed by atoms with Crippen molar-refractivity contribution in [1.29, 1.82) is 0 Å². The molecule has 0 amide bonds. The van der Waals surface area contributed by atoms with Gasteiger partial charge in [-0.3, -0.25) is 0 Å². The van der Waals surface area contributed by atoms with Crippen molar-refractivity contribution < 1.29 is 9.15 Å². The molecule has 0 saturated heterocycles. The molecule has 0 aliphatic rings. The molecule has 3 aromatic rings. The Morgan fingerprint density at radius 3 is 2.19 bits per heavy atom. The van der Waals surface area contributed by atoms with Gasteiger partial charge < -0.3 is 19.8 Å². The smallest absolute Gasteiger partial charge is 0.442 e. The molecule has 0 radical (unpaired) electrons. The number of nitrogens with one attached hydrogen (secondary N) is 2. The van der Waals surface area contributed by atoms with Gasteiger partial charge in [0.25, 0.3) is 0 Å². The van der Waals surface area contributed by atoms with Crippen LogP contribution in [-0.2, 0) is 5.41 Å². The number of ether oxygens (including phenoxy) is 1. The first-order chi connectivity index (χ1) is 16.7. The van der Waals surface area contributed by atoms with Crippen LogP contribution in [0.2, 0.25) is 15.3 Å². The molecule has 0 fully saturated rings. The number of halogens is 3. The first-order valence-corrected chi connectivity index (χ1v) is 12.5. The zero-order valence-corrected chi connectivity index (χ0v) is 23.9. The van der Waals surface area contributed by atoms with Gasteiger partial charge in [-0.15, -0.1) is 5.10 Å². The molecule has 198 valence electrons. The number of benzene rings is 1. The van der Waals surface area contributed by atoms with Gasteiger partial charge in [0.15, 0.2) is 0 Å². The molecule has 0 aliphatic heterocycles. The van der Waals surface area contributed by atoms with Crippen molar-refractivity contribution >= 4 is 46.7 Å². The lowest BCUT2D eigenvalue weighted by Gasteiger charge is -2.13. The molecular weight excluding hydrogens is 529 g/mol. The quantitative estimate of drug-likeness (QED) is 0.359. The fraction of sp³-hybridized carbons (Fsp3) is 0.522. The lowest BCUT2D eigenvalue weighted by Crippen LogP contribution is -2.15. The maximum atomic E-state index is 12.1. The van der Waals surface area contributed by atoms with Gasteiger partial charge in [-0.25, -0.2) is 4.79 Å². The lowest BCUT2D eigenvalue weighted by molar-refractivity contribution is 0.242. The molecule has 2 heterocycles. The van der Waals surface area contributed by atoms with Crippen molar-refractivity contribution in [3.8, 4) is 11.4 Å². The highest BCUT2D eigenvalue weighted by Crippen LogP contribution is 2.33. The van der Waals surface area contributed by atoms with Crippen LogP contribution in [0.5, 0.6) is 5.75 Å². The maximum Gasteiger partial charge on any atom is 0.442 e. The molecule has 0 aliphatic carbocycles. The van der Waals surface area contributed by atoms with Gasteiger partial charge >= 0.3 is 5.76 Å². The number of aromatic nitrogens is 5. The van der Waals surface area contributed by atoms with Gasteiger partial charge in [-0.05, 0) is 52.3 Å². The largest absolute Gasteiger partial charge is 0.489 e. The minimum atomic E-state index is -0.607. The highest BCUT2D eigenvalue weighted by molar-refractivity contribution is 6.36. The molecule has 10 nitrogen and oxygen atoms in total. The zero-order valence-electron chi connectivity index (χ0n) is 21.6. The van der Waals surface area contributed by atoms with Crippen LogP contribution in [0, 0.1) is 0 Å². The van der Waals surface area contributed by atoms with E-state index in [0.29, 0.717) is 34.2 Å². The summed E-state index contributed by atoms with van der Waals surface area (Å²) in [5, 5.41) is 11.1. The molecule has 0 bridgehead atoms. The number of nitrogens with zero attached hydrogens (tertiary/aromatic N) is 5. The Morgan fingerprint density at radius 2 is 1.67 bits per heavy atom. The van der Waals surface area contributed by atoms with Crippen LogP contribution in [0.3, 0.4) is 0 Å². The van der Waals surface area contributed by atoms with E-state index in [-0.39, 0.29) is 27.9 Å². The van der Waals surface area contributed by atoms with Crippen molar-refractivity contribution in [3.05, 3.63) is 43.9 Å². The Bertz CT molecular complexity index is 1220. The summed E-state index contributed by atoms with van der Waals surface area (Å²) in [5.41, 5.74) is -0.0217. The third-order valence-corrected chi connectivity index (χ3v) is 4.91. The predicted octanol–water partition coefficient (Wildman–Crippen LogP) is 5.99. The summed E-state index contributed by atoms with van der Waals surface area (Å²) < 4.78 is 11.9. The SMILES string of the molecule is CC(C)Oc1cc(-n2nc(C(C)(C)C)oc2=O)c(Cl)cc1Cl.CCNc1nc(Cl)nc(NC(C)C)n1. The van der Waals surface area contributed by atoms with E-state index in [1.165, 1.54) is 6.07 Å². The number of anilines is 2. The van der Waals surface area contributed by atoms with E-state index < -0.39 is 5.76 Å². The molecule has 1 aromatic carbocycles. The Hall–Kier alpha value is -2.56. The Morgan fingerprint density at radius 1 is 1.03 bits per heavy atom. The normalized spacial score (nSPS) is 11.4. The average Bonchev–Trinajstić information content (AvgIpc) is 3.11. The summed E-state index contributed by atoms with van der Waals surface area (Å²) in [6.45, 7) is 16.2. The Kier molecular flexibility index (Phi) is 10.4. The minimum absolute atomic E-state index is 0.0642. The molecule has 0 unspecified atom stereocenters. The van der Waals surface area contributed by atoms with E-state index in [1.807, 2.05) is 55.4 Å². The third-order valence-electron chi connectivity index (χ3n) is 4.14. The topological polar surface area (TPSA) is 120 Å². The highest BCUT2D eigenvalue weighted by atomic mass is 35.5. The monoisotopic (exact) mass is 559 g/mol. The molecule has 0 spiro atoms. The molecule has 2 N–H and O–H groups in total. The summed E-state index contributed by atoms with van der Waals surface area (Å²) in [6, 6.07) is 3.37. The summed E-state index contributed by atoms with van der Waals surface area (Å²) in [5.74, 6) is 1.15. The van der Waals surface area contributed by atoms with Crippen molar-refractivity contribution in [1.82, 2.24) is 24.7 Å². The van der Waals surface area contributed by atoms with E-state index in [4.69, 9.17) is 44.0 Å². The van der Waals surface area contributed by atoms with E-state index in [1.54, 1.807) is 6.07 Å². The summed E-state index contributed by atoms with van der Waals surface area (Å²) in [6.07, 6.45) is -0.0642. The Labute approximate surface area is 225 Å². The number of rotatable bonds is 7. The second-order valence-electron chi connectivity index (χ2n) is 9.32. The Balaban J connectivity index is 0.000000281. The van der Waals surface area contributed by atoms with E-state index in [0.717, 1.165) is 11.2 Å². The molecule has 36 heavy (non-hydrogen) atoms. The van der Waals surface area contributed by atoms with Crippen LogP contribution in [0.4, 0.5) is 11.9 Å².